The van der Waals surface area contributed by atoms with Gasteiger partial charge in [-0.3, -0.25) is 4.79 Å². The maximum absolute atomic E-state index is 13.3. The van der Waals surface area contributed by atoms with Gasteiger partial charge >= 0.3 is 0 Å². The van der Waals surface area contributed by atoms with Crippen molar-refractivity contribution in [1.29, 1.82) is 0 Å². The average Bonchev–Trinajstić information content (AvgIpc) is 3.04. The summed E-state index contributed by atoms with van der Waals surface area (Å²) in [6.07, 6.45) is 11.4. The van der Waals surface area contributed by atoms with Crippen molar-refractivity contribution in [3.8, 4) is 0 Å². The van der Waals surface area contributed by atoms with Gasteiger partial charge in [-0.2, -0.15) is 0 Å². The zero-order chi connectivity index (χ0) is 21.8. The third-order valence-electron chi connectivity index (χ3n) is 11.4. The number of carbonyl (C=O) groups excluding carboxylic acids is 1. The highest BCUT2D eigenvalue weighted by Crippen LogP contribution is 2.67. The Labute approximate surface area is 186 Å². The molecule has 0 aromatic carbocycles. The highest BCUT2D eigenvalue weighted by atomic mass is 16.3. The van der Waals surface area contributed by atoms with Crippen LogP contribution in [0.3, 0.4) is 0 Å². The summed E-state index contributed by atoms with van der Waals surface area (Å²) in [5, 5.41) is 10.2. The summed E-state index contributed by atoms with van der Waals surface area (Å²) >= 11 is 0. The second-order valence-electron chi connectivity index (χ2n) is 13.0. The number of carbonyl (C=O) groups is 1. The maximum Gasteiger partial charge on any atom is 0.136 e. The van der Waals surface area contributed by atoms with Gasteiger partial charge in [-0.1, -0.05) is 54.4 Å². The largest absolute Gasteiger partial charge is 0.393 e. The zero-order valence-electron chi connectivity index (χ0n) is 20.6. The molecule has 10 atom stereocenters. The molecule has 4 fully saturated rings. The van der Waals surface area contributed by atoms with E-state index in [1.807, 2.05) is 0 Å². The van der Waals surface area contributed by atoms with E-state index in [0.29, 0.717) is 23.0 Å². The molecule has 0 radical (unpaired) electrons. The third kappa shape index (κ3) is 3.61. The van der Waals surface area contributed by atoms with Crippen molar-refractivity contribution in [3.05, 3.63) is 0 Å². The zero-order valence-corrected chi connectivity index (χ0v) is 20.6. The molecule has 1 N–H and O–H groups in total. The molecule has 4 aliphatic carbocycles. The van der Waals surface area contributed by atoms with E-state index in [2.05, 4.69) is 41.5 Å². The summed E-state index contributed by atoms with van der Waals surface area (Å²) in [4.78, 5) is 13.3. The molecule has 0 heterocycles. The Morgan fingerprint density at radius 2 is 1.60 bits per heavy atom. The van der Waals surface area contributed by atoms with E-state index in [1.54, 1.807) is 0 Å². The lowest BCUT2D eigenvalue weighted by molar-refractivity contribution is -0.160. The van der Waals surface area contributed by atoms with Gasteiger partial charge in [-0.05, 0) is 97.2 Å². The first-order valence-electron chi connectivity index (χ1n) is 13.3. The fourth-order valence-electron chi connectivity index (χ4n) is 9.06. The van der Waals surface area contributed by atoms with E-state index in [0.717, 1.165) is 55.3 Å². The molecular weight excluding hydrogens is 368 g/mol. The second-order valence-corrected chi connectivity index (χ2v) is 13.0. The number of hydrogen-bond donors (Lipinski definition) is 1. The van der Waals surface area contributed by atoms with E-state index >= 15 is 0 Å². The Bertz CT molecular complexity index is 641. The van der Waals surface area contributed by atoms with E-state index in [1.165, 1.54) is 38.5 Å². The van der Waals surface area contributed by atoms with Gasteiger partial charge < -0.3 is 5.11 Å². The number of hydrogen-bond acceptors (Lipinski definition) is 2. The fraction of sp³-hybridized carbons (Fsp3) is 0.964. The van der Waals surface area contributed by atoms with Gasteiger partial charge in [0.15, 0.2) is 0 Å². The van der Waals surface area contributed by atoms with Crippen molar-refractivity contribution in [2.75, 3.05) is 0 Å². The van der Waals surface area contributed by atoms with Crippen LogP contribution in [-0.2, 0) is 4.79 Å². The van der Waals surface area contributed by atoms with Gasteiger partial charge in [0.1, 0.15) is 5.78 Å². The van der Waals surface area contributed by atoms with Crippen LogP contribution in [0.2, 0.25) is 0 Å². The molecule has 30 heavy (non-hydrogen) atoms. The normalized spacial score (nSPS) is 48.1. The van der Waals surface area contributed by atoms with Crippen molar-refractivity contribution >= 4 is 5.78 Å². The molecule has 2 nitrogen and oxygen atoms in total. The van der Waals surface area contributed by atoms with Gasteiger partial charge in [-0.25, -0.2) is 0 Å². The SMILES string of the molecule is CC(C)[C@H](C)CC[C@@H](C)[C@H]1CC[C@H]2[C@@H]3CC(=O)[C@H]4C[C@@H](O)CC[C@]4(C)[C@H]3CC[C@]12C. The number of aliphatic hydroxyl groups is 1. The summed E-state index contributed by atoms with van der Waals surface area (Å²) in [7, 11) is 0. The molecule has 172 valence electrons. The highest BCUT2D eigenvalue weighted by molar-refractivity contribution is 5.83. The third-order valence-corrected chi connectivity index (χ3v) is 11.4. The van der Waals surface area contributed by atoms with Crippen molar-refractivity contribution in [2.45, 2.75) is 112 Å². The molecule has 4 rings (SSSR count). The summed E-state index contributed by atoms with van der Waals surface area (Å²) in [5.74, 6) is 5.95. The minimum absolute atomic E-state index is 0.125. The summed E-state index contributed by atoms with van der Waals surface area (Å²) < 4.78 is 0. The van der Waals surface area contributed by atoms with Crippen molar-refractivity contribution in [2.24, 2.45) is 58.2 Å². The maximum atomic E-state index is 13.3. The molecule has 0 saturated heterocycles. The Morgan fingerprint density at radius 3 is 2.30 bits per heavy atom. The van der Waals surface area contributed by atoms with Crippen LogP contribution >= 0.6 is 0 Å². The summed E-state index contributed by atoms with van der Waals surface area (Å²) in [5.41, 5.74) is 0.594. The van der Waals surface area contributed by atoms with Crippen LogP contribution in [0.1, 0.15) is 106 Å². The van der Waals surface area contributed by atoms with Crippen molar-refractivity contribution in [3.63, 3.8) is 0 Å². The predicted molar refractivity (Wildman–Crippen MR) is 124 cm³/mol. The van der Waals surface area contributed by atoms with Crippen LogP contribution < -0.4 is 0 Å². The lowest BCUT2D eigenvalue weighted by atomic mass is 9.44. The first-order chi connectivity index (χ1) is 14.1. The number of fused-ring (bicyclic) bond motifs is 5. The lowest BCUT2D eigenvalue weighted by Gasteiger charge is -2.60. The predicted octanol–water partition coefficient (Wildman–Crippen LogP) is 6.89. The number of ketones is 1. The molecule has 0 aromatic rings. The topological polar surface area (TPSA) is 37.3 Å². The average molecular weight is 417 g/mol. The van der Waals surface area contributed by atoms with Gasteiger partial charge in [0.25, 0.3) is 0 Å². The van der Waals surface area contributed by atoms with Gasteiger partial charge in [0.2, 0.25) is 0 Å². The smallest absolute Gasteiger partial charge is 0.136 e. The minimum Gasteiger partial charge on any atom is -0.393 e. The van der Waals surface area contributed by atoms with E-state index in [9.17, 15) is 9.90 Å². The molecule has 0 bridgehead atoms. The van der Waals surface area contributed by atoms with Crippen LogP contribution in [0.5, 0.6) is 0 Å². The standard InChI is InChI=1S/C28H48O2/c1-17(2)18(3)7-8-19(4)22-9-10-23-21-16-26(30)25-15-20(29)11-13-28(25,6)24(21)12-14-27(22,23)5/h17-25,29H,7-16H2,1-6H3/t18-,19-,20+,21+,22-,23+,24+,25-,27-,28-/m1/s1. The Balaban J connectivity index is 1.50. The van der Waals surface area contributed by atoms with E-state index in [4.69, 9.17) is 0 Å². The molecule has 0 aromatic heterocycles. The molecule has 0 aliphatic heterocycles. The Hall–Kier alpha value is -0.370. The first-order valence-corrected chi connectivity index (χ1v) is 13.3. The van der Waals surface area contributed by atoms with Gasteiger partial charge in [-0.15, -0.1) is 0 Å². The second kappa shape index (κ2) is 8.20. The van der Waals surface area contributed by atoms with Gasteiger partial charge in [0.05, 0.1) is 6.10 Å². The molecule has 2 heteroatoms. The lowest BCUT2D eigenvalue weighted by Crippen LogP contribution is -2.57. The number of rotatable bonds is 5. The Kier molecular flexibility index (Phi) is 6.23. The minimum atomic E-state index is -0.248. The number of aliphatic hydroxyl groups excluding tert-OH is 1. The molecule has 0 unspecified atom stereocenters. The molecule has 4 aliphatic rings. The van der Waals surface area contributed by atoms with Crippen molar-refractivity contribution < 1.29 is 9.90 Å². The molecular formula is C28H48O2. The first kappa shape index (κ1) is 22.8. The van der Waals surface area contributed by atoms with Crippen molar-refractivity contribution in [1.82, 2.24) is 0 Å². The number of Topliss-reactive ketones (excluding diaryl/α,β-unsaturated/α-hetero) is 1. The monoisotopic (exact) mass is 416 g/mol. The van der Waals surface area contributed by atoms with Crippen LogP contribution in [0, 0.1) is 58.2 Å². The summed E-state index contributed by atoms with van der Waals surface area (Å²) in [6.45, 7) is 14.7. The van der Waals surface area contributed by atoms with Crippen LogP contribution in [0.4, 0.5) is 0 Å². The Morgan fingerprint density at radius 1 is 0.933 bits per heavy atom. The van der Waals surface area contributed by atoms with Crippen LogP contribution in [-0.4, -0.2) is 17.0 Å². The molecule has 4 saturated carbocycles. The fourth-order valence-corrected chi connectivity index (χ4v) is 9.06. The van der Waals surface area contributed by atoms with Crippen LogP contribution in [0.15, 0.2) is 0 Å². The van der Waals surface area contributed by atoms with E-state index in [-0.39, 0.29) is 17.4 Å². The molecule has 0 amide bonds. The quantitative estimate of drug-likeness (QED) is 0.529. The van der Waals surface area contributed by atoms with Crippen LogP contribution in [0.25, 0.3) is 0 Å². The van der Waals surface area contributed by atoms with E-state index < -0.39 is 0 Å². The van der Waals surface area contributed by atoms with Gasteiger partial charge in [0, 0.05) is 12.3 Å². The highest BCUT2D eigenvalue weighted by Gasteiger charge is 2.62. The summed E-state index contributed by atoms with van der Waals surface area (Å²) in [6, 6.07) is 0. The molecule has 0 spiro atoms.